The van der Waals surface area contributed by atoms with Gasteiger partial charge in [0.15, 0.2) is 0 Å². The van der Waals surface area contributed by atoms with Crippen LogP contribution < -0.4 is 10.5 Å². The van der Waals surface area contributed by atoms with Crippen LogP contribution in [0, 0.1) is 0 Å². The summed E-state index contributed by atoms with van der Waals surface area (Å²) in [7, 11) is 1.63. The Morgan fingerprint density at radius 3 is 2.86 bits per heavy atom. The van der Waals surface area contributed by atoms with Crippen molar-refractivity contribution < 1.29 is 14.3 Å². The number of methoxy groups -OCH3 is 1. The Balaban J connectivity index is 2.20. The Morgan fingerprint density at radius 2 is 2.14 bits per heavy atom. The zero-order chi connectivity index (χ0) is 15.2. The Labute approximate surface area is 124 Å². The van der Waals surface area contributed by atoms with Crippen LogP contribution in [0.3, 0.4) is 0 Å². The molecule has 1 aromatic heterocycles. The fourth-order valence-electron chi connectivity index (χ4n) is 2.15. The summed E-state index contributed by atoms with van der Waals surface area (Å²) >= 11 is 0. The van der Waals surface area contributed by atoms with Gasteiger partial charge in [-0.2, -0.15) is 0 Å². The van der Waals surface area contributed by atoms with Crippen molar-refractivity contribution in [1.82, 2.24) is 4.57 Å². The molecule has 0 amide bonds. The summed E-state index contributed by atoms with van der Waals surface area (Å²) in [5, 5.41) is 0. The summed E-state index contributed by atoms with van der Waals surface area (Å²) in [6.45, 7) is 2.10. The van der Waals surface area contributed by atoms with Crippen molar-refractivity contribution in [3.8, 4) is 11.4 Å². The van der Waals surface area contributed by atoms with Gasteiger partial charge >= 0.3 is 5.97 Å². The van der Waals surface area contributed by atoms with Crippen LogP contribution in [0.2, 0.25) is 0 Å². The molecule has 0 bridgehead atoms. The largest absolute Gasteiger partial charge is 0.497 e. The number of aromatic nitrogens is 1. The number of carbonyl (C=O) groups is 1. The van der Waals surface area contributed by atoms with E-state index in [1.807, 2.05) is 47.2 Å². The van der Waals surface area contributed by atoms with Crippen LogP contribution in [-0.4, -0.2) is 30.3 Å². The Bertz CT molecular complexity index is 607. The third kappa shape index (κ3) is 3.64. The molecule has 1 atom stereocenters. The zero-order valence-electron chi connectivity index (χ0n) is 12.3. The fraction of sp³-hybridized carbons (Fsp3) is 0.312. The fourth-order valence-corrected chi connectivity index (χ4v) is 2.15. The van der Waals surface area contributed by atoms with Crippen LogP contribution >= 0.6 is 0 Å². The summed E-state index contributed by atoms with van der Waals surface area (Å²) < 4.78 is 12.2. The van der Waals surface area contributed by atoms with Gasteiger partial charge in [-0.3, -0.25) is 4.79 Å². The third-order valence-corrected chi connectivity index (χ3v) is 3.18. The Kier molecular flexibility index (Phi) is 5.00. The standard InChI is InChI=1S/C16H20N2O3/c1-3-21-16(19)15(17)11-13-7-5-9-18(13)12-6-4-8-14(10-12)20-2/h4-10,15H,3,11,17H2,1-2H3. The molecule has 2 rings (SSSR count). The van der Waals surface area contributed by atoms with Crippen LogP contribution in [0.15, 0.2) is 42.6 Å². The number of rotatable bonds is 6. The molecule has 112 valence electrons. The summed E-state index contributed by atoms with van der Waals surface area (Å²) in [5.74, 6) is 0.401. The molecular weight excluding hydrogens is 268 g/mol. The topological polar surface area (TPSA) is 66.5 Å². The van der Waals surface area contributed by atoms with Gasteiger partial charge < -0.3 is 19.8 Å². The number of ether oxygens (including phenoxy) is 2. The van der Waals surface area contributed by atoms with E-state index in [1.165, 1.54) is 0 Å². The molecule has 1 heterocycles. The maximum Gasteiger partial charge on any atom is 0.323 e. The number of nitrogens with zero attached hydrogens (tertiary/aromatic N) is 1. The molecule has 1 aromatic carbocycles. The van der Waals surface area contributed by atoms with Crippen LogP contribution in [0.4, 0.5) is 0 Å². The number of carbonyl (C=O) groups excluding carboxylic acids is 1. The van der Waals surface area contributed by atoms with Gasteiger partial charge in [0.25, 0.3) is 0 Å². The van der Waals surface area contributed by atoms with Crippen molar-refractivity contribution in [2.75, 3.05) is 13.7 Å². The molecule has 0 aliphatic heterocycles. The number of esters is 1. The highest BCUT2D eigenvalue weighted by molar-refractivity contribution is 5.75. The van der Waals surface area contributed by atoms with Crippen LogP contribution in [-0.2, 0) is 16.0 Å². The van der Waals surface area contributed by atoms with Gasteiger partial charge in [-0.1, -0.05) is 6.07 Å². The van der Waals surface area contributed by atoms with Gasteiger partial charge in [-0.05, 0) is 31.2 Å². The first-order valence-corrected chi connectivity index (χ1v) is 6.88. The minimum absolute atomic E-state index is 0.337. The molecule has 5 nitrogen and oxygen atoms in total. The summed E-state index contributed by atoms with van der Waals surface area (Å²) in [5.41, 5.74) is 7.80. The monoisotopic (exact) mass is 288 g/mol. The van der Waals surface area contributed by atoms with E-state index >= 15 is 0 Å². The van der Waals surface area contributed by atoms with Crippen molar-refractivity contribution in [2.45, 2.75) is 19.4 Å². The average Bonchev–Trinajstić information content (AvgIpc) is 2.95. The molecule has 5 heteroatoms. The Morgan fingerprint density at radius 1 is 1.33 bits per heavy atom. The normalized spacial score (nSPS) is 12.0. The van der Waals surface area contributed by atoms with Gasteiger partial charge in [-0.15, -0.1) is 0 Å². The summed E-state index contributed by atoms with van der Waals surface area (Å²) in [6.07, 6.45) is 2.35. The molecule has 2 N–H and O–H groups in total. The molecule has 0 spiro atoms. The number of nitrogens with two attached hydrogens (primary N) is 1. The number of hydrogen-bond acceptors (Lipinski definition) is 4. The number of hydrogen-bond donors (Lipinski definition) is 1. The average molecular weight is 288 g/mol. The first kappa shape index (κ1) is 15.1. The third-order valence-electron chi connectivity index (χ3n) is 3.18. The lowest BCUT2D eigenvalue weighted by Gasteiger charge is -2.14. The molecule has 0 saturated heterocycles. The molecule has 0 fully saturated rings. The predicted octanol–water partition coefficient (Wildman–Crippen LogP) is 1.92. The van der Waals surface area contributed by atoms with Crippen molar-refractivity contribution in [3.63, 3.8) is 0 Å². The smallest absolute Gasteiger partial charge is 0.323 e. The van der Waals surface area contributed by atoms with Gasteiger partial charge in [0.05, 0.1) is 13.7 Å². The van der Waals surface area contributed by atoms with E-state index in [0.29, 0.717) is 13.0 Å². The van der Waals surface area contributed by atoms with E-state index in [0.717, 1.165) is 17.1 Å². The van der Waals surface area contributed by atoms with E-state index < -0.39 is 6.04 Å². The summed E-state index contributed by atoms with van der Waals surface area (Å²) in [6, 6.07) is 10.9. The van der Waals surface area contributed by atoms with Gasteiger partial charge in [0, 0.05) is 30.1 Å². The maximum atomic E-state index is 11.6. The van der Waals surface area contributed by atoms with Gasteiger partial charge in [-0.25, -0.2) is 0 Å². The number of benzene rings is 1. The van der Waals surface area contributed by atoms with Crippen molar-refractivity contribution in [3.05, 3.63) is 48.3 Å². The molecule has 0 aliphatic rings. The van der Waals surface area contributed by atoms with E-state index in [1.54, 1.807) is 14.0 Å². The maximum absolute atomic E-state index is 11.6. The second-order valence-electron chi connectivity index (χ2n) is 4.63. The van der Waals surface area contributed by atoms with E-state index in [9.17, 15) is 4.79 Å². The molecule has 1 unspecified atom stereocenters. The zero-order valence-corrected chi connectivity index (χ0v) is 12.3. The second-order valence-corrected chi connectivity index (χ2v) is 4.63. The predicted molar refractivity (Wildman–Crippen MR) is 80.6 cm³/mol. The lowest BCUT2D eigenvalue weighted by molar-refractivity contribution is -0.144. The van der Waals surface area contributed by atoms with Gasteiger partial charge in [0.1, 0.15) is 11.8 Å². The second kappa shape index (κ2) is 6.95. The van der Waals surface area contributed by atoms with Crippen molar-refractivity contribution >= 4 is 5.97 Å². The highest BCUT2D eigenvalue weighted by Gasteiger charge is 2.17. The highest BCUT2D eigenvalue weighted by Crippen LogP contribution is 2.19. The van der Waals surface area contributed by atoms with Crippen molar-refractivity contribution in [1.29, 1.82) is 0 Å². The molecule has 0 aliphatic carbocycles. The Hall–Kier alpha value is -2.27. The summed E-state index contributed by atoms with van der Waals surface area (Å²) in [4.78, 5) is 11.6. The van der Waals surface area contributed by atoms with Gasteiger partial charge in [0.2, 0.25) is 0 Å². The van der Waals surface area contributed by atoms with Crippen molar-refractivity contribution in [2.24, 2.45) is 5.73 Å². The quantitative estimate of drug-likeness (QED) is 0.825. The first-order chi connectivity index (χ1) is 10.2. The first-order valence-electron chi connectivity index (χ1n) is 6.88. The van der Waals surface area contributed by atoms with E-state index in [-0.39, 0.29) is 5.97 Å². The minimum Gasteiger partial charge on any atom is -0.497 e. The van der Waals surface area contributed by atoms with E-state index in [4.69, 9.17) is 15.2 Å². The lowest BCUT2D eigenvalue weighted by Crippen LogP contribution is -2.34. The van der Waals surface area contributed by atoms with Crippen LogP contribution in [0.1, 0.15) is 12.6 Å². The molecule has 21 heavy (non-hydrogen) atoms. The SMILES string of the molecule is CCOC(=O)C(N)Cc1cccn1-c1cccc(OC)c1. The van der Waals surface area contributed by atoms with E-state index in [2.05, 4.69) is 0 Å². The lowest BCUT2D eigenvalue weighted by atomic mass is 10.1. The molecule has 0 saturated carbocycles. The molecular formula is C16H20N2O3. The van der Waals surface area contributed by atoms with Crippen LogP contribution in [0.25, 0.3) is 5.69 Å². The minimum atomic E-state index is -0.663. The highest BCUT2D eigenvalue weighted by atomic mass is 16.5. The van der Waals surface area contributed by atoms with Crippen LogP contribution in [0.5, 0.6) is 5.75 Å². The molecule has 0 radical (unpaired) electrons. The molecule has 2 aromatic rings.